The van der Waals surface area contributed by atoms with Crippen LogP contribution >= 0.6 is 0 Å². The number of ketones is 1. The first kappa shape index (κ1) is 12.5. The number of fused-ring (bicyclic) bond motifs is 1. The lowest BCUT2D eigenvalue weighted by Gasteiger charge is -2.34. The molecule has 5 heteroatoms. The summed E-state index contributed by atoms with van der Waals surface area (Å²) in [5.41, 5.74) is -0.253. The minimum Gasteiger partial charge on any atom is -0.486 e. The minimum absolute atomic E-state index is 0.0789. The first-order valence-corrected chi connectivity index (χ1v) is 5.96. The minimum atomic E-state index is -0.507. The van der Waals surface area contributed by atoms with Gasteiger partial charge in [0.1, 0.15) is 11.4 Å². The van der Waals surface area contributed by atoms with Crippen LogP contribution in [0, 0.1) is 10.1 Å². The van der Waals surface area contributed by atoms with Crippen molar-refractivity contribution in [3.8, 4) is 5.75 Å². The molecule has 5 nitrogen and oxygen atoms in total. The first-order valence-electron chi connectivity index (χ1n) is 5.96. The summed E-state index contributed by atoms with van der Waals surface area (Å²) < 4.78 is 5.82. The molecule has 96 valence electrons. The number of benzene rings is 1. The number of nitrogens with zero attached hydrogens (tertiary/aromatic N) is 1. The monoisotopic (exact) mass is 249 g/mol. The van der Waals surface area contributed by atoms with Crippen LogP contribution < -0.4 is 4.74 Å². The predicted octanol–water partition coefficient (Wildman–Crippen LogP) is 3.12. The van der Waals surface area contributed by atoms with Gasteiger partial charge in [-0.25, -0.2) is 0 Å². The van der Waals surface area contributed by atoms with Crippen molar-refractivity contribution in [3.63, 3.8) is 0 Å². The highest BCUT2D eigenvalue weighted by atomic mass is 16.6. The summed E-state index contributed by atoms with van der Waals surface area (Å²) in [6.07, 6.45) is 1.98. The Morgan fingerprint density at radius 1 is 1.50 bits per heavy atom. The van der Waals surface area contributed by atoms with E-state index >= 15 is 0 Å². The van der Waals surface area contributed by atoms with Gasteiger partial charge in [-0.1, -0.05) is 13.3 Å². The fourth-order valence-corrected chi connectivity index (χ4v) is 2.34. The average Bonchev–Trinajstić information content (AvgIpc) is 2.28. The number of nitro groups is 1. The zero-order valence-corrected chi connectivity index (χ0v) is 10.4. The van der Waals surface area contributed by atoms with Gasteiger partial charge in [-0.2, -0.15) is 0 Å². The lowest BCUT2D eigenvalue weighted by Crippen LogP contribution is -2.38. The summed E-state index contributed by atoms with van der Waals surface area (Å²) in [4.78, 5) is 22.2. The molecule has 0 radical (unpaired) electrons. The van der Waals surface area contributed by atoms with E-state index in [1.807, 2.05) is 13.8 Å². The molecular weight excluding hydrogens is 234 g/mol. The molecule has 1 aromatic rings. The molecule has 2 rings (SSSR count). The fourth-order valence-electron chi connectivity index (χ4n) is 2.34. The standard InChI is InChI=1S/C13H15NO4/c1-3-6-13(2)8-11(15)10-7-9(14(16)17)4-5-12(10)18-13/h4-5,7H,3,6,8H2,1-2H3. The molecule has 18 heavy (non-hydrogen) atoms. The van der Waals surface area contributed by atoms with Gasteiger partial charge < -0.3 is 4.74 Å². The molecule has 1 atom stereocenters. The van der Waals surface area contributed by atoms with Crippen LogP contribution in [0.3, 0.4) is 0 Å². The van der Waals surface area contributed by atoms with E-state index in [1.54, 1.807) is 0 Å². The summed E-state index contributed by atoms with van der Waals surface area (Å²) in [5.74, 6) is 0.365. The van der Waals surface area contributed by atoms with Crippen molar-refractivity contribution in [3.05, 3.63) is 33.9 Å². The summed E-state index contributed by atoms with van der Waals surface area (Å²) >= 11 is 0. The molecule has 1 aromatic carbocycles. The summed E-state index contributed by atoms with van der Waals surface area (Å²) in [5, 5.41) is 10.7. The van der Waals surface area contributed by atoms with Crippen LogP contribution in [0.15, 0.2) is 18.2 Å². The average molecular weight is 249 g/mol. The SMILES string of the molecule is CCCC1(C)CC(=O)c2cc([N+](=O)[O-])ccc2O1. The van der Waals surface area contributed by atoms with Crippen molar-refractivity contribution in [2.75, 3.05) is 0 Å². The van der Waals surface area contributed by atoms with Gasteiger partial charge >= 0.3 is 0 Å². The molecule has 0 fully saturated rings. The van der Waals surface area contributed by atoms with Crippen molar-refractivity contribution in [1.29, 1.82) is 0 Å². The van der Waals surface area contributed by atoms with E-state index in [4.69, 9.17) is 4.74 Å². The van der Waals surface area contributed by atoms with Crippen LogP contribution in [0.2, 0.25) is 0 Å². The topological polar surface area (TPSA) is 69.4 Å². The third-order valence-corrected chi connectivity index (χ3v) is 3.14. The summed E-state index contributed by atoms with van der Waals surface area (Å²) in [6, 6.07) is 4.17. The first-order chi connectivity index (χ1) is 8.45. The number of ether oxygens (including phenoxy) is 1. The molecule has 1 aliphatic rings. The van der Waals surface area contributed by atoms with Crippen LogP contribution in [0.1, 0.15) is 43.5 Å². The summed E-state index contributed by atoms with van der Waals surface area (Å²) in [7, 11) is 0. The molecule has 0 saturated heterocycles. The lowest BCUT2D eigenvalue weighted by atomic mass is 9.88. The number of rotatable bonds is 3. The highest BCUT2D eigenvalue weighted by Gasteiger charge is 2.36. The van der Waals surface area contributed by atoms with E-state index in [9.17, 15) is 14.9 Å². The van der Waals surface area contributed by atoms with Gasteiger partial charge in [0.25, 0.3) is 5.69 Å². The lowest BCUT2D eigenvalue weighted by molar-refractivity contribution is -0.384. The second-order valence-electron chi connectivity index (χ2n) is 4.84. The molecular formula is C13H15NO4. The predicted molar refractivity (Wildman–Crippen MR) is 66.0 cm³/mol. The highest BCUT2D eigenvalue weighted by Crippen LogP contribution is 2.37. The van der Waals surface area contributed by atoms with Crippen molar-refractivity contribution in [2.45, 2.75) is 38.7 Å². The number of nitro benzene ring substituents is 1. The maximum Gasteiger partial charge on any atom is 0.270 e. The molecule has 1 aliphatic heterocycles. The number of carbonyl (C=O) groups is 1. The quantitative estimate of drug-likeness (QED) is 0.609. The maximum absolute atomic E-state index is 12.0. The van der Waals surface area contributed by atoms with Crippen molar-refractivity contribution < 1.29 is 14.5 Å². The number of non-ortho nitro benzene ring substituents is 1. The highest BCUT2D eigenvalue weighted by molar-refractivity contribution is 6.00. The zero-order chi connectivity index (χ0) is 13.3. The molecule has 1 unspecified atom stereocenters. The largest absolute Gasteiger partial charge is 0.486 e. The maximum atomic E-state index is 12.0. The molecule has 1 heterocycles. The molecule has 0 saturated carbocycles. The fraction of sp³-hybridized carbons (Fsp3) is 0.462. The van der Waals surface area contributed by atoms with E-state index in [0.29, 0.717) is 11.3 Å². The van der Waals surface area contributed by atoms with Crippen LogP contribution in [0.25, 0.3) is 0 Å². The van der Waals surface area contributed by atoms with Gasteiger partial charge in [-0.15, -0.1) is 0 Å². The van der Waals surface area contributed by atoms with Gasteiger partial charge in [0.2, 0.25) is 0 Å². The Kier molecular flexibility index (Phi) is 3.07. The van der Waals surface area contributed by atoms with Crippen molar-refractivity contribution >= 4 is 11.5 Å². The molecule has 0 aliphatic carbocycles. The number of Topliss-reactive ketones (excluding diaryl/α,β-unsaturated/α-hetero) is 1. The van der Waals surface area contributed by atoms with E-state index in [2.05, 4.69) is 0 Å². The van der Waals surface area contributed by atoms with E-state index in [1.165, 1.54) is 18.2 Å². The van der Waals surface area contributed by atoms with Crippen molar-refractivity contribution in [2.24, 2.45) is 0 Å². The van der Waals surface area contributed by atoms with E-state index in [0.717, 1.165) is 12.8 Å². The Hall–Kier alpha value is -1.91. The van der Waals surface area contributed by atoms with E-state index < -0.39 is 10.5 Å². The Morgan fingerprint density at radius 3 is 2.83 bits per heavy atom. The second kappa shape index (κ2) is 4.40. The van der Waals surface area contributed by atoms with Gasteiger partial charge in [0.15, 0.2) is 5.78 Å². The zero-order valence-electron chi connectivity index (χ0n) is 10.4. The Labute approximate surface area is 105 Å². The van der Waals surface area contributed by atoms with Gasteiger partial charge in [-0.3, -0.25) is 14.9 Å². The molecule has 0 bridgehead atoms. The number of hydrogen-bond donors (Lipinski definition) is 0. The van der Waals surface area contributed by atoms with Crippen molar-refractivity contribution in [1.82, 2.24) is 0 Å². The van der Waals surface area contributed by atoms with Crippen LogP contribution in [0.5, 0.6) is 5.75 Å². The Morgan fingerprint density at radius 2 is 2.22 bits per heavy atom. The van der Waals surface area contributed by atoms with Gasteiger partial charge in [0.05, 0.1) is 16.9 Å². The molecule has 0 aromatic heterocycles. The number of hydrogen-bond acceptors (Lipinski definition) is 4. The molecule has 0 N–H and O–H groups in total. The Balaban J connectivity index is 2.39. The molecule has 0 spiro atoms. The Bertz CT molecular complexity index is 512. The normalized spacial score (nSPS) is 22.2. The third-order valence-electron chi connectivity index (χ3n) is 3.14. The molecule has 0 amide bonds. The van der Waals surface area contributed by atoms with Gasteiger partial charge in [0, 0.05) is 12.1 Å². The van der Waals surface area contributed by atoms with Crippen LogP contribution in [-0.2, 0) is 0 Å². The third kappa shape index (κ3) is 2.20. The van der Waals surface area contributed by atoms with Crippen LogP contribution in [-0.4, -0.2) is 16.3 Å². The smallest absolute Gasteiger partial charge is 0.270 e. The summed E-state index contributed by atoms with van der Waals surface area (Å²) in [6.45, 7) is 3.93. The van der Waals surface area contributed by atoms with Gasteiger partial charge in [-0.05, 0) is 19.4 Å². The number of carbonyl (C=O) groups excluding carboxylic acids is 1. The van der Waals surface area contributed by atoms with Crippen LogP contribution in [0.4, 0.5) is 5.69 Å². The second-order valence-corrected chi connectivity index (χ2v) is 4.84. The van der Waals surface area contributed by atoms with E-state index in [-0.39, 0.29) is 17.9 Å².